The van der Waals surface area contributed by atoms with E-state index in [-0.39, 0.29) is 11.6 Å². The SMILES string of the molecule is CCCCN(c1ccccc1)c1ccc(C(C)=O)cc1F. The van der Waals surface area contributed by atoms with Crippen molar-refractivity contribution in [1.29, 1.82) is 0 Å². The van der Waals surface area contributed by atoms with Gasteiger partial charge in [-0.05, 0) is 43.7 Å². The van der Waals surface area contributed by atoms with Crippen molar-refractivity contribution in [3.05, 3.63) is 59.9 Å². The first-order valence-electron chi connectivity index (χ1n) is 7.26. The Hall–Kier alpha value is -2.16. The first kappa shape index (κ1) is 15.2. The summed E-state index contributed by atoms with van der Waals surface area (Å²) in [6.45, 7) is 4.30. The highest BCUT2D eigenvalue weighted by molar-refractivity contribution is 5.94. The number of ketones is 1. The van der Waals surface area contributed by atoms with E-state index < -0.39 is 0 Å². The molecule has 0 aliphatic heterocycles. The molecule has 110 valence electrons. The van der Waals surface area contributed by atoms with E-state index in [1.165, 1.54) is 13.0 Å². The maximum Gasteiger partial charge on any atom is 0.159 e. The first-order valence-corrected chi connectivity index (χ1v) is 7.26. The van der Waals surface area contributed by atoms with Crippen LogP contribution in [0.15, 0.2) is 48.5 Å². The van der Waals surface area contributed by atoms with Crippen LogP contribution in [0.3, 0.4) is 0 Å². The Morgan fingerprint density at radius 2 is 1.86 bits per heavy atom. The summed E-state index contributed by atoms with van der Waals surface area (Å²) in [6, 6.07) is 14.4. The minimum absolute atomic E-state index is 0.125. The smallest absolute Gasteiger partial charge is 0.159 e. The topological polar surface area (TPSA) is 20.3 Å². The predicted octanol–water partition coefficient (Wildman–Crippen LogP) is 4.97. The van der Waals surface area contributed by atoms with E-state index >= 15 is 0 Å². The average molecular weight is 285 g/mol. The molecule has 2 aromatic rings. The largest absolute Gasteiger partial charge is 0.339 e. The second kappa shape index (κ2) is 7.02. The zero-order valence-corrected chi connectivity index (χ0v) is 12.5. The molecular weight excluding hydrogens is 265 g/mol. The summed E-state index contributed by atoms with van der Waals surface area (Å²) in [7, 11) is 0. The van der Waals surface area contributed by atoms with Crippen molar-refractivity contribution in [3.63, 3.8) is 0 Å². The third-order valence-electron chi connectivity index (χ3n) is 3.45. The molecule has 0 radical (unpaired) electrons. The highest BCUT2D eigenvalue weighted by Gasteiger charge is 2.14. The summed E-state index contributed by atoms with van der Waals surface area (Å²) in [5.41, 5.74) is 1.87. The van der Waals surface area contributed by atoms with E-state index in [1.54, 1.807) is 12.1 Å². The zero-order valence-electron chi connectivity index (χ0n) is 12.5. The standard InChI is InChI=1S/C18H20FNO/c1-3-4-12-20(16-8-6-5-7-9-16)18-11-10-15(14(2)21)13-17(18)19/h5-11,13H,3-4,12H2,1-2H3. The van der Waals surface area contributed by atoms with Crippen molar-refractivity contribution < 1.29 is 9.18 Å². The summed E-state index contributed by atoms with van der Waals surface area (Å²) < 4.78 is 14.4. The normalized spacial score (nSPS) is 10.4. The average Bonchev–Trinajstić information content (AvgIpc) is 2.50. The molecule has 0 fully saturated rings. The fraction of sp³-hybridized carbons (Fsp3) is 0.278. The molecule has 0 bridgehead atoms. The summed E-state index contributed by atoms with van der Waals surface area (Å²) >= 11 is 0. The molecule has 21 heavy (non-hydrogen) atoms. The van der Waals surface area contributed by atoms with Gasteiger partial charge in [0.2, 0.25) is 0 Å². The lowest BCUT2D eigenvalue weighted by Gasteiger charge is -2.25. The molecule has 0 heterocycles. The number of halogens is 1. The summed E-state index contributed by atoms with van der Waals surface area (Å²) in [6.07, 6.45) is 2.01. The van der Waals surface area contributed by atoms with E-state index in [0.29, 0.717) is 11.3 Å². The fourth-order valence-electron chi connectivity index (χ4n) is 2.26. The summed E-state index contributed by atoms with van der Waals surface area (Å²) in [5, 5.41) is 0. The Morgan fingerprint density at radius 1 is 1.14 bits per heavy atom. The number of carbonyl (C=O) groups is 1. The van der Waals surface area contributed by atoms with Gasteiger partial charge in [0.05, 0.1) is 5.69 Å². The van der Waals surface area contributed by atoms with Crippen LogP contribution in [0.4, 0.5) is 15.8 Å². The minimum atomic E-state index is -0.359. The third kappa shape index (κ3) is 3.69. The van der Waals surface area contributed by atoms with Crippen molar-refractivity contribution in [2.45, 2.75) is 26.7 Å². The van der Waals surface area contributed by atoms with Gasteiger partial charge in [0, 0.05) is 17.8 Å². The molecule has 0 unspecified atom stereocenters. The Labute approximate surface area is 125 Å². The Morgan fingerprint density at radius 3 is 2.43 bits per heavy atom. The van der Waals surface area contributed by atoms with Crippen LogP contribution in [0.2, 0.25) is 0 Å². The van der Waals surface area contributed by atoms with Crippen LogP contribution in [-0.4, -0.2) is 12.3 Å². The van der Waals surface area contributed by atoms with Gasteiger partial charge in [-0.2, -0.15) is 0 Å². The molecule has 0 spiro atoms. The van der Waals surface area contributed by atoms with Gasteiger partial charge in [-0.3, -0.25) is 4.79 Å². The molecule has 0 atom stereocenters. The third-order valence-corrected chi connectivity index (χ3v) is 3.45. The highest BCUT2D eigenvalue weighted by Crippen LogP contribution is 2.28. The highest BCUT2D eigenvalue weighted by atomic mass is 19.1. The van der Waals surface area contributed by atoms with Crippen molar-refractivity contribution in [2.24, 2.45) is 0 Å². The van der Waals surface area contributed by atoms with Gasteiger partial charge in [0.1, 0.15) is 5.82 Å². The van der Waals surface area contributed by atoms with Crippen LogP contribution in [-0.2, 0) is 0 Å². The lowest BCUT2D eigenvalue weighted by molar-refractivity contribution is 0.101. The van der Waals surface area contributed by atoms with E-state index in [9.17, 15) is 9.18 Å². The van der Waals surface area contributed by atoms with Crippen molar-refractivity contribution >= 4 is 17.2 Å². The molecule has 2 aromatic carbocycles. The number of Topliss-reactive ketones (excluding diaryl/α,β-unsaturated/α-hetero) is 1. The predicted molar refractivity (Wildman–Crippen MR) is 84.8 cm³/mol. The van der Waals surface area contributed by atoms with Crippen LogP contribution < -0.4 is 4.90 Å². The van der Waals surface area contributed by atoms with Crippen molar-refractivity contribution in [1.82, 2.24) is 0 Å². The molecule has 2 rings (SSSR count). The van der Waals surface area contributed by atoms with E-state index in [2.05, 4.69) is 6.92 Å². The molecule has 0 N–H and O–H groups in total. The van der Waals surface area contributed by atoms with Crippen LogP contribution >= 0.6 is 0 Å². The number of benzene rings is 2. The number of para-hydroxylation sites is 1. The van der Waals surface area contributed by atoms with Crippen molar-refractivity contribution in [3.8, 4) is 0 Å². The lowest BCUT2D eigenvalue weighted by atomic mass is 10.1. The first-order chi connectivity index (χ1) is 10.1. The van der Waals surface area contributed by atoms with Gasteiger partial charge in [-0.1, -0.05) is 31.5 Å². The number of anilines is 2. The second-order valence-corrected chi connectivity index (χ2v) is 5.06. The summed E-state index contributed by atoms with van der Waals surface area (Å²) in [5.74, 6) is -0.483. The molecule has 0 aliphatic rings. The zero-order chi connectivity index (χ0) is 15.2. The number of carbonyl (C=O) groups excluding carboxylic acids is 1. The molecule has 0 aromatic heterocycles. The minimum Gasteiger partial charge on any atom is -0.339 e. The number of hydrogen-bond acceptors (Lipinski definition) is 2. The maximum atomic E-state index is 14.4. The number of nitrogens with zero attached hydrogens (tertiary/aromatic N) is 1. The molecule has 0 saturated carbocycles. The Kier molecular flexibility index (Phi) is 5.09. The molecule has 0 saturated heterocycles. The Balaban J connectivity index is 2.39. The second-order valence-electron chi connectivity index (χ2n) is 5.06. The van der Waals surface area contributed by atoms with Crippen LogP contribution in [0, 0.1) is 5.82 Å². The van der Waals surface area contributed by atoms with Crippen molar-refractivity contribution in [2.75, 3.05) is 11.4 Å². The molecule has 3 heteroatoms. The van der Waals surface area contributed by atoms with Crippen LogP contribution in [0.25, 0.3) is 0 Å². The number of rotatable bonds is 6. The number of unbranched alkanes of at least 4 members (excludes halogenated alkanes) is 1. The van der Waals surface area contributed by atoms with E-state index in [1.807, 2.05) is 35.2 Å². The van der Waals surface area contributed by atoms with Gasteiger partial charge in [-0.15, -0.1) is 0 Å². The van der Waals surface area contributed by atoms with E-state index in [4.69, 9.17) is 0 Å². The van der Waals surface area contributed by atoms with Gasteiger partial charge in [0.15, 0.2) is 5.78 Å². The molecular formula is C18H20FNO. The van der Waals surface area contributed by atoms with Gasteiger partial charge >= 0.3 is 0 Å². The Bertz CT molecular complexity index is 610. The lowest BCUT2D eigenvalue weighted by Crippen LogP contribution is -2.19. The molecule has 0 aliphatic carbocycles. The maximum absolute atomic E-state index is 14.4. The fourth-order valence-corrected chi connectivity index (χ4v) is 2.26. The van der Waals surface area contributed by atoms with Crippen LogP contribution in [0.5, 0.6) is 0 Å². The van der Waals surface area contributed by atoms with Crippen LogP contribution in [0.1, 0.15) is 37.0 Å². The number of hydrogen-bond donors (Lipinski definition) is 0. The van der Waals surface area contributed by atoms with E-state index in [0.717, 1.165) is 25.1 Å². The molecule has 0 amide bonds. The van der Waals surface area contributed by atoms with Gasteiger partial charge in [0.25, 0.3) is 0 Å². The molecule has 2 nitrogen and oxygen atoms in total. The quantitative estimate of drug-likeness (QED) is 0.699. The monoisotopic (exact) mass is 285 g/mol. The van der Waals surface area contributed by atoms with Gasteiger partial charge in [-0.25, -0.2) is 4.39 Å². The van der Waals surface area contributed by atoms with Gasteiger partial charge < -0.3 is 4.90 Å². The summed E-state index contributed by atoms with van der Waals surface area (Å²) in [4.78, 5) is 13.3.